The van der Waals surface area contributed by atoms with Crippen LogP contribution in [0.1, 0.15) is 46.5 Å². The van der Waals surface area contributed by atoms with Gasteiger partial charge in [-0.05, 0) is 25.2 Å². The molecule has 4 heteroatoms. The molecule has 0 aromatic carbocycles. The molecule has 0 bridgehead atoms. The van der Waals surface area contributed by atoms with Crippen LogP contribution in [-0.2, 0) is 4.79 Å². The zero-order valence-corrected chi connectivity index (χ0v) is 10.4. The van der Waals surface area contributed by atoms with E-state index in [0.717, 1.165) is 19.3 Å². The SMILES string of the molecule is CC1(C)CCCCC1(C)SC(O)C(=O)O. The first-order chi connectivity index (χ1) is 6.78. The van der Waals surface area contributed by atoms with E-state index in [1.807, 2.05) is 0 Å². The Morgan fingerprint density at radius 1 is 1.27 bits per heavy atom. The number of carboxylic acid groups (broad SMARTS) is 1. The summed E-state index contributed by atoms with van der Waals surface area (Å²) in [5.41, 5.74) is -1.21. The van der Waals surface area contributed by atoms with Crippen molar-refractivity contribution in [1.29, 1.82) is 0 Å². The zero-order chi connectivity index (χ0) is 11.7. The molecule has 0 aromatic rings. The van der Waals surface area contributed by atoms with E-state index >= 15 is 0 Å². The lowest BCUT2D eigenvalue weighted by atomic mass is 9.69. The van der Waals surface area contributed by atoms with Crippen LogP contribution in [0.5, 0.6) is 0 Å². The second kappa shape index (κ2) is 4.34. The normalized spacial score (nSPS) is 32.3. The summed E-state index contributed by atoms with van der Waals surface area (Å²) in [6.45, 7) is 6.39. The predicted molar refractivity (Wildman–Crippen MR) is 61.9 cm³/mol. The number of thioether (sulfide) groups is 1. The number of aliphatic carboxylic acids is 1. The minimum atomic E-state index is -1.30. The fourth-order valence-electron chi connectivity index (χ4n) is 2.15. The molecule has 1 aliphatic carbocycles. The van der Waals surface area contributed by atoms with Crippen molar-refractivity contribution in [1.82, 2.24) is 0 Å². The summed E-state index contributed by atoms with van der Waals surface area (Å²) in [5.74, 6) is -1.14. The lowest BCUT2D eigenvalue weighted by Gasteiger charge is -2.48. The fourth-order valence-corrected chi connectivity index (χ4v) is 3.42. The molecule has 0 aromatic heterocycles. The number of carbonyl (C=O) groups is 1. The number of hydrogen-bond donors (Lipinski definition) is 2. The molecule has 0 spiro atoms. The van der Waals surface area contributed by atoms with Gasteiger partial charge in [-0.25, -0.2) is 4.79 Å². The Hall–Kier alpha value is -0.220. The van der Waals surface area contributed by atoms with Gasteiger partial charge in [0.2, 0.25) is 0 Å². The molecule has 2 N–H and O–H groups in total. The first-order valence-electron chi connectivity index (χ1n) is 5.37. The van der Waals surface area contributed by atoms with Gasteiger partial charge in [0.15, 0.2) is 5.44 Å². The van der Waals surface area contributed by atoms with Crippen LogP contribution < -0.4 is 0 Å². The van der Waals surface area contributed by atoms with E-state index in [9.17, 15) is 9.90 Å². The highest BCUT2D eigenvalue weighted by Crippen LogP contribution is 2.52. The third-order valence-electron chi connectivity index (χ3n) is 3.72. The Balaban J connectivity index is 2.75. The number of hydrogen-bond acceptors (Lipinski definition) is 3. The maximum absolute atomic E-state index is 10.7. The first kappa shape index (κ1) is 12.8. The summed E-state index contributed by atoms with van der Waals surface area (Å²) in [6.07, 6.45) is 4.41. The largest absolute Gasteiger partial charge is 0.479 e. The standard InChI is InChI=1S/C11H20O3S/c1-10(2)6-4-5-7-11(10,3)15-9(14)8(12)13/h9,14H,4-7H2,1-3H3,(H,12,13). The van der Waals surface area contributed by atoms with Crippen LogP contribution in [-0.4, -0.2) is 26.4 Å². The van der Waals surface area contributed by atoms with E-state index in [-0.39, 0.29) is 10.2 Å². The summed E-state index contributed by atoms with van der Waals surface area (Å²) in [7, 11) is 0. The summed E-state index contributed by atoms with van der Waals surface area (Å²) >= 11 is 1.19. The van der Waals surface area contributed by atoms with E-state index in [4.69, 9.17) is 5.11 Å². The molecule has 0 radical (unpaired) electrons. The van der Waals surface area contributed by atoms with Gasteiger partial charge < -0.3 is 10.2 Å². The maximum atomic E-state index is 10.7. The van der Waals surface area contributed by atoms with Crippen molar-refractivity contribution in [2.45, 2.75) is 56.6 Å². The molecule has 15 heavy (non-hydrogen) atoms. The monoisotopic (exact) mass is 232 g/mol. The zero-order valence-electron chi connectivity index (χ0n) is 9.62. The molecule has 1 rings (SSSR count). The summed E-state index contributed by atoms with van der Waals surface area (Å²) in [5, 5.41) is 18.2. The molecule has 0 amide bonds. The van der Waals surface area contributed by atoms with Crippen LogP contribution in [0.3, 0.4) is 0 Å². The van der Waals surface area contributed by atoms with Crippen molar-refractivity contribution < 1.29 is 15.0 Å². The average Bonchev–Trinajstić information content (AvgIpc) is 2.10. The molecule has 0 aliphatic heterocycles. The molecule has 88 valence electrons. The smallest absolute Gasteiger partial charge is 0.343 e. The van der Waals surface area contributed by atoms with Crippen molar-refractivity contribution in [2.75, 3.05) is 0 Å². The molecular weight excluding hydrogens is 212 g/mol. The van der Waals surface area contributed by atoms with E-state index in [1.54, 1.807) is 0 Å². The summed E-state index contributed by atoms with van der Waals surface area (Å²) < 4.78 is -0.136. The second-order valence-corrected chi connectivity index (χ2v) is 6.71. The molecular formula is C11H20O3S. The number of carboxylic acids is 1. The Kier molecular flexibility index (Phi) is 3.71. The Labute approximate surface area is 95.3 Å². The second-order valence-electron chi connectivity index (χ2n) is 5.13. The molecule has 1 saturated carbocycles. The van der Waals surface area contributed by atoms with Crippen molar-refractivity contribution in [3.05, 3.63) is 0 Å². The lowest BCUT2D eigenvalue weighted by Crippen LogP contribution is -2.44. The first-order valence-corrected chi connectivity index (χ1v) is 6.25. The van der Waals surface area contributed by atoms with Crippen LogP contribution in [0.25, 0.3) is 0 Å². The summed E-state index contributed by atoms with van der Waals surface area (Å²) in [4.78, 5) is 10.7. The Bertz CT molecular complexity index is 252. The van der Waals surface area contributed by atoms with Crippen LogP contribution in [0, 0.1) is 5.41 Å². The maximum Gasteiger partial charge on any atom is 0.343 e. The van der Waals surface area contributed by atoms with Gasteiger partial charge in [-0.2, -0.15) is 0 Å². The van der Waals surface area contributed by atoms with Crippen molar-refractivity contribution >= 4 is 17.7 Å². The van der Waals surface area contributed by atoms with Crippen molar-refractivity contribution in [2.24, 2.45) is 5.41 Å². The van der Waals surface area contributed by atoms with E-state index in [0.29, 0.717) is 0 Å². The highest BCUT2D eigenvalue weighted by atomic mass is 32.2. The van der Waals surface area contributed by atoms with Crippen LogP contribution in [0.4, 0.5) is 0 Å². The van der Waals surface area contributed by atoms with Gasteiger partial charge in [0.1, 0.15) is 0 Å². The fraction of sp³-hybridized carbons (Fsp3) is 0.909. The molecule has 0 saturated heterocycles. The molecule has 0 heterocycles. The minimum Gasteiger partial charge on any atom is -0.479 e. The number of aliphatic hydroxyl groups excluding tert-OH is 1. The molecule has 1 fully saturated rings. The van der Waals surface area contributed by atoms with Gasteiger partial charge >= 0.3 is 5.97 Å². The topological polar surface area (TPSA) is 57.5 Å². The van der Waals surface area contributed by atoms with Gasteiger partial charge in [-0.1, -0.05) is 26.7 Å². The van der Waals surface area contributed by atoms with Crippen molar-refractivity contribution in [3.63, 3.8) is 0 Å². The number of aliphatic hydroxyl groups is 1. The van der Waals surface area contributed by atoms with E-state index in [1.165, 1.54) is 18.2 Å². The molecule has 1 aliphatic rings. The predicted octanol–water partition coefficient (Wildman–Crippen LogP) is 2.48. The summed E-state index contributed by atoms with van der Waals surface area (Å²) in [6, 6.07) is 0. The minimum absolute atomic E-state index is 0.0896. The highest BCUT2D eigenvalue weighted by molar-refractivity contribution is 8.01. The third-order valence-corrected chi connectivity index (χ3v) is 5.42. The molecule has 2 atom stereocenters. The van der Waals surface area contributed by atoms with Gasteiger partial charge in [0.05, 0.1) is 0 Å². The lowest BCUT2D eigenvalue weighted by molar-refractivity contribution is -0.142. The van der Waals surface area contributed by atoms with Crippen LogP contribution >= 0.6 is 11.8 Å². The highest BCUT2D eigenvalue weighted by Gasteiger charge is 2.45. The van der Waals surface area contributed by atoms with Gasteiger partial charge in [-0.3, -0.25) is 0 Å². The van der Waals surface area contributed by atoms with Crippen LogP contribution in [0.2, 0.25) is 0 Å². The van der Waals surface area contributed by atoms with Gasteiger partial charge in [0.25, 0.3) is 0 Å². The van der Waals surface area contributed by atoms with Gasteiger partial charge in [0, 0.05) is 4.75 Å². The number of rotatable bonds is 3. The third kappa shape index (κ3) is 2.67. The van der Waals surface area contributed by atoms with E-state index in [2.05, 4.69) is 20.8 Å². The Morgan fingerprint density at radius 3 is 2.27 bits per heavy atom. The molecule has 2 unspecified atom stereocenters. The van der Waals surface area contributed by atoms with Crippen LogP contribution in [0.15, 0.2) is 0 Å². The van der Waals surface area contributed by atoms with Gasteiger partial charge in [-0.15, -0.1) is 11.8 Å². The Morgan fingerprint density at radius 2 is 1.80 bits per heavy atom. The van der Waals surface area contributed by atoms with E-state index < -0.39 is 11.4 Å². The average molecular weight is 232 g/mol. The molecule has 3 nitrogen and oxygen atoms in total. The quantitative estimate of drug-likeness (QED) is 0.734. The van der Waals surface area contributed by atoms with Crippen molar-refractivity contribution in [3.8, 4) is 0 Å².